The van der Waals surface area contributed by atoms with Gasteiger partial charge in [-0.1, -0.05) is 0 Å². The summed E-state index contributed by atoms with van der Waals surface area (Å²) >= 11 is 0. The van der Waals surface area contributed by atoms with Crippen LogP contribution in [0.15, 0.2) is 0 Å². The van der Waals surface area contributed by atoms with Crippen molar-refractivity contribution in [2.75, 3.05) is 56.7 Å². The maximum atomic E-state index is 11.8. The van der Waals surface area contributed by atoms with Crippen molar-refractivity contribution in [2.24, 2.45) is 0 Å². The van der Waals surface area contributed by atoms with Crippen molar-refractivity contribution >= 4 is 17.7 Å². The van der Waals surface area contributed by atoms with E-state index >= 15 is 0 Å². The first-order valence-electron chi connectivity index (χ1n) is 8.78. The fourth-order valence-electron chi connectivity index (χ4n) is 3.39. The third kappa shape index (κ3) is 3.61. The van der Waals surface area contributed by atoms with E-state index < -0.39 is 0 Å². The maximum Gasteiger partial charge on any atom is 0.320 e. The predicted octanol–water partition coefficient (Wildman–Crippen LogP) is 1.06. The van der Waals surface area contributed by atoms with Gasteiger partial charge in [-0.2, -0.15) is 4.98 Å². The van der Waals surface area contributed by atoms with Crippen LogP contribution >= 0.6 is 0 Å². The SMILES string of the molecule is CCOC(=O)CN1CCc2nc(N3CCCC3)nc(N(C)C)c2C1. The van der Waals surface area contributed by atoms with E-state index in [1.54, 1.807) is 0 Å². The van der Waals surface area contributed by atoms with Crippen molar-refractivity contribution in [1.82, 2.24) is 14.9 Å². The number of anilines is 2. The molecule has 2 aliphatic heterocycles. The Kier molecular flexibility index (Phi) is 5.18. The van der Waals surface area contributed by atoms with Crippen LogP contribution in [0.4, 0.5) is 11.8 Å². The van der Waals surface area contributed by atoms with E-state index in [0.717, 1.165) is 49.1 Å². The molecule has 132 valence electrons. The number of ether oxygens (including phenoxy) is 1. The van der Waals surface area contributed by atoms with Crippen molar-refractivity contribution in [3.05, 3.63) is 11.3 Å². The zero-order valence-electron chi connectivity index (χ0n) is 14.9. The lowest BCUT2D eigenvalue weighted by Gasteiger charge is -2.31. The normalized spacial score (nSPS) is 17.7. The number of rotatable bonds is 5. The molecule has 0 aliphatic carbocycles. The van der Waals surface area contributed by atoms with Gasteiger partial charge in [-0.25, -0.2) is 4.98 Å². The highest BCUT2D eigenvalue weighted by atomic mass is 16.5. The molecule has 0 bridgehead atoms. The molecule has 0 N–H and O–H groups in total. The Hall–Kier alpha value is -1.89. The van der Waals surface area contributed by atoms with Gasteiger partial charge in [0.05, 0.1) is 18.8 Å². The lowest BCUT2D eigenvalue weighted by atomic mass is 10.1. The van der Waals surface area contributed by atoms with Crippen LogP contribution in [0.5, 0.6) is 0 Å². The quantitative estimate of drug-likeness (QED) is 0.747. The molecule has 0 atom stereocenters. The average molecular weight is 333 g/mol. The van der Waals surface area contributed by atoms with Crippen LogP contribution in [0.3, 0.4) is 0 Å². The molecular weight excluding hydrogens is 306 g/mol. The topological polar surface area (TPSA) is 61.8 Å². The van der Waals surface area contributed by atoms with Crippen molar-refractivity contribution in [3.8, 4) is 0 Å². The Bertz CT molecular complexity index is 599. The van der Waals surface area contributed by atoms with Gasteiger partial charge in [-0.05, 0) is 19.8 Å². The molecule has 0 unspecified atom stereocenters. The molecule has 0 radical (unpaired) electrons. The fourth-order valence-corrected chi connectivity index (χ4v) is 3.39. The zero-order chi connectivity index (χ0) is 17.1. The number of esters is 1. The van der Waals surface area contributed by atoms with Crippen LogP contribution in [0, 0.1) is 0 Å². The first kappa shape index (κ1) is 17.0. The van der Waals surface area contributed by atoms with Crippen LogP contribution < -0.4 is 9.80 Å². The number of carbonyl (C=O) groups excluding carboxylic acids is 1. The van der Waals surface area contributed by atoms with Gasteiger partial charge in [0.2, 0.25) is 5.95 Å². The van der Waals surface area contributed by atoms with Gasteiger partial charge in [0.15, 0.2) is 0 Å². The molecule has 7 heteroatoms. The van der Waals surface area contributed by atoms with Crippen molar-refractivity contribution in [2.45, 2.75) is 32.7 Å². The van der Waals surface area contributed by atoms with Gasteiger partial charge in [0.25, 0.3) is 0 Å². The van der Waals surface area contributed by atoms with Crippen LogP contribution in [0.2, 0.25) is 0 Å². The van der Waals surface area contributed by atoms with E-state index in [0.29, 0.717) is 19.7 Å². The lowest BCUT2D eigenvalue weighted by molar-refractivity contribution is -0.144. The molecular formula is C17H27N5O2. The summed E-state index contributed by atoms with van der Waals surface area (Å²) in [6, 6.07) is 0. The summed E-state index contributed by atoms with van der Waals surface area (Å²) in [5.41, 5.74) is 2.26. The Balaban J connectivity index is 1.83. The second-order valence-electron chi connectivity index (χ2n) is 6.63. The van der Waals surface area contributed by atoms with E-state index in [-0.39, 0.29) is 5.97 Å². The number of aromatic nitrogens is 2. The zero-order valence-corrected chi connectivity index (χ0v) is 14.9. The third-order valence-corrected chi connectivity index (χ3v) is 4.58. The van der Waals surface area contributed by atoms with Crippen LogP contribution in [0.1, 0.15) is 31.0 Å². The molecule has 1 fully saturated rings. The van der Waals surface area contributed by atoms with Gasteiger partial charge in [-0.3, -0.25) is 9.69 Å². The van der Waals surface area contributed by atoms with Crippen molar-refractivity contribution in [1.29, 1.82) is 0 Å². The highest BCUT2D eigenvalue weighted by Gasteiger charge is 2.26. The average Bonchev–Trinajstić information content (AvgIpc) is 3.08. The lowest BCUT2D eigenvalue weighted by Crippen LogP contribution is -2.37. The van der Waals surface area contributed by atoms with Gasteiger partial charge in [-0.15, -0.1) is 0 Å². The van der Waals surface area contributed by atoms with Gasteiger partial charge in [0, 0.05) is 52.3 Å². The molecule has 0 spiro atoms. The molecule has 0 aromatic carbocycles. The number of hydrogen-bond donors (Lipinski definition) is 0. The maximum absolute atomic E-state index is 11.8. The molecule has 0 saturated carbocycles. The summed E-state index contributed by atoms with van der Waals surface area (Å²) in [6.07, 6.45) is 3.27. The molecule has 24 heavy (non-hydrogen) atoms. The summed E-state index contributed by atoms with van der Waals surface area (Å²) in [5.74, 6) is 1.66. The number of carbonyl (C=O) groups is 1. The Morgan fingerprint density at radius 3 is 2.62 bits per heavy atom. The Labute approximate surface area is 143 Å². The summed E-state index contributed by atoms with van der Waals surface area (Å²) in [6.45, 7) is 6.20. The van der Waals surface area contributed by atoms with Crippen LogP contribution in [0.25, 0.3) is 0 Å². The van der Waals surface area contributed by atoms with E-state index in [4.69, 9.17) is 14.7 Å². The third-order valence-electron chi connectivity index (χ3n) is 4.58. The Morgan fingerprint density at radius 2 is 1.96 bits per heavy atom. The van der Waals surface area contributed by atoms with E-state index in [1.165, 1.54) is 12.8 Å². The largest absolute Gasteiger partial charge is 0.465 e. The first-order valence-corrected chi connectivity index (χ1v) is 8.78. The summed E-state index contributed by atoms with van der Waals surface area (Å²) in [4.78, 5) is 27.8. The molecule has 1 saturated heterocycles. The molecule has 1 aromatic heterocycles. The van der Waals surface area contributed by atoms with Crippen LogP contribution in [-0.2, 0) is 22.5 Å². The monoisotopic (exact) mass is 333 g/mol. The second-order valence-corrected chi connectivity index (χ2v) is 6.63. The van der Waals surface area contributed by atoms with Crippen molar-refractivity contribution in [3.63, 3.8) is 0 Å². The number of nitrogens with zero attached hydrogens (tertiary/aromatic N) is 5. The van der Waals surface area contributed by atoms with Gasteiger partial charge in [0.1, 0.15) is 5.82 Å². The molecule has 7 nitrogen and oxygen atoms in total. The summed E-state index contributed by atoms with van der Waals surface area (Å²) in [7, 11) is 4.03. The minimum absolute atomic E-state index is 0.165. The van der Waals surface area contributed by atoms with Crippen molar-refractivity contribution < 1.29 is 9.53 Å². The number of fused-ring (bicyclic) bond motifs is 1. The first-order chi connectivity index (χ1) is 11.6. The van der Waals surface area contributed by atoms with Crippen LogP contribution in [-0.4, -0.2) is 67.7 Å². The van der Waals surface area contributed by atoms with E-state index in [2.05, 4.69) is 9.80 Å². The van der Waals surface area contributed by atoms with E-state index in [1.807, 2.05) is 25.9 Å². The summed E-state index contributed by atoms with van der Waals surface area (Å²) < 4.78 is 5.07. The van der Waals surface area contributed by atoms with E-state index in [9.17, 15) is 4.79 Å². The minimum atomic E-state index is -0.165. The fraction of sp³-hybridized carbons (Fsp3) is 0.706. The molecule has 3 rings (SSSR count). The van der Waals surface area contributed by atoms with Gasteiger partial charge >= 0.3 is 5.97 Å². The number of hydrogen-bond acceptors (Lipinski definition) is 7. The highest BCUT2D eigenvalue weighted by Crippen LogP contribution is 2.28. The van der Waals surface area contributed by atoms with Gasteiger partial charge < -0.3 is 14.5 Å². The summed E-state index contributed by atoms with van der Waals surface area (Å²) in [5, 5.41) is 0. The second kappa shape index (κ2) is 7.34. The molecule has 1 aromatic rings. The Morgan fingerprint density at radius 1 is 1.21 bits per heavy atom. The predicted molar refractivity (Wildman–Crippen MR) is 93.4 cm³/mol. The highest BCUT2D eigenvalue weighted by molar-refractivity contribution is 5.71. The molecule has 3 heterocycles. The smallest absolute Gasteiger partial charge is 0.320 e. The minimum Gasteiger partial charge on any atom is -0.465 e. The standard InChI is InChI=1S/C17H27N5O2/c1-4-24-15(23)12-21-10-7-14-13(11-21)16(20(2)3)19-17(18-14)22-8-5-6-9-22/h4-12H2,1-3H3. The molecule has 2 aliphatic rings. The molecule has 0 amide bonds.